The molecule has 0 saturated carbocycles. The van der Waals surface area contributed by atoms with Gasteiger partial charge in [-0.3, -0.25) is 0 Å². The third kappa shape index (κ3) is 4.72. The van der Waals surface area contributed by atoms with Crippen LogP contribution in [-0.4, -0.2) is 49.0 Å². The quantitative estimate of drug-likeness (QED) is 0.691. The second kappa shape index (κ2) is 7.49. The van der Waals surface area contributed by atoms with Crippen molar-refractivity contribution in [1.82, 2.24) is 5.32 Å². The summed E-state index contributed by atoms with van der Waals surface area (Å²) in [5, 5.41) is 12.6. The standard InChI is InChI=1S/C11H23NO2S/c1-9(10-4-6-14-7-10)12-11(3-5-13)8-15-2/h9-13H,3-8H2,1-2H3. The number of thioether (sulfide) groups is 1. The molecule has 0 bridgehead atoms. The summed E-state index contributed by atoms with van der Waals surface area (Å²) in [5.74, 6) is 1.71. The van der Waals surface area contributed by atoms with Crippen LogP contribution in [0.25, 0.3) is 0 Å². The number of nitrogens with one attached hydrogen (secondary N) is 1. The van der Waals surface area contributed by atoms with Gasteiger partial charge in [0.25, 0.3) is 0 Å². The van der Waals surface area contributed by atoms with Gasteiger partial charge >= 0.3 is 0 Å². The van der Waals surface area contributed by atoms with Crippen LogP contribution < -0.4 is 5.32 Å². The normalized spacial score (nSPS) is 25.4. The Morgan fingerprint density at radius 3 is 2.93 bits per heavy atom. The van der Waals surface area contributed by atoms with Crippen LogP contribution in [0.1, 0.15) is 19.8 Å². The predicted molar refractivity (Wildman–Crippen MR) is 65.4 cm³/mol. The van der Waals surface area contributed by atoms with Crippen LogP contribution in [0, 0.1) is 5.92 Å². The minimum Gasteiger partial charge on any atom is -0.396 e. The van der Waals surface area contributed by atoms with Crippen molar-refractivity contribution in [1.29, 1.82) is 0 Å². The Balaban J connectivity index is 2.28. The first-order valence-electron chi connectivity index (χ1n) is 5.71. The Hall–Kier alpha value is 0.230. The highest BCUT2D eigenvalue weighted by Gasteiger charge is 2.23. The van der Waals surface area contributed by atoms with Gasteiger partial charge in [0.05, 0.1) is 6.61 Å². The first kappa shape index (κ1) is 13.3. The molecule has 15 heavy (non-hydrogen) atoms. The van der Waals surface area contributed by atoms with Gasteiger partial charge in [-0.05, 0) is 31.9 Å². The van der Waals surface area contributed by atoms with Crippen molar-refractivity contribution in [3.8, 4) is 0 Å². The smallest absolute Gasteiger partial charge is 0.0509 e. The van der Waals surface area contributed by atoms with E-state index in [2.05, 4.69) is 18.5 Å². The fourth-order valence-corrected chi connectivity index (χ4v) is 2.69. The monoisotopic (exact) mass is 233 g/mol. The molecule has 1 saturated heterocycles. The molecule has 0 radical (unpaired) electrons. The van der Waals surface area contributed by atoms with E-state index < -0.39 is 0 Å². The number of rotatable bonds is 7. The van der Waals surface area contributed by atoms with Crippen molar-refractivity contribution >= 4 is 11.8 Å². The highest BCUT2D eigenvalue weighted by atomic mass is 32.2. The molecule has 1 heterocycles. The van der Waals surface area contributed by atoms with Crippen molar-refractivity contribution in [3.63, 3.8) is 0 Å². The summed E-state index contributed by atoms with van der Waals surface area (Å²) in [4.78, 5) is 0. The molecule has 2 N–H and O–H groups in total. The number of hydrogen-bond acceptors (Lipinski definition) is 4. The summed E-state index contributed by atoms with van der Waals surface area (Å²) in [5.41, 5.74) is 0. The molecule has 1 rings (SSSR count). The molecule has 0 spiro atoms. The fraction of sp³-hybridized carbons (Fsp3) is 1.00. The molecule has 1 aliphatic rings. The molecule has 3 unspecified atom stereocenters. The molecule has 0 aromatic rings. The van der Waals surface area contributed by atoms with Gasteiger partial charge in [0.1, 0.15) is 0 Å². The highest BCUT2D eigenvalue weighted by Crippen LogP contribution is 2.17. The number of aliphatic hydroxyl groups is 1. The molecule has 0 aliphatic carbocycles. The third-order valence-corrected chi connectivity index (χ3v) is 3.75. The van der Waals surface area contributed by atoms with Crippen molar-refractivity contribution in [2.75, 3.05) is 31.8 Å². The van der Waals surface area contributed by atoms with Crippen molar-refractivity contribution in [2.45, 2.75) is 31.8 Å². The van der Waals surface area contributed by atoms with Gasteiger partial charge in [-0.1, -0.05) is 0 Å². The lowest BCUT2D eigenvalue weighted by atomic mass is 10.00. The van der Waals surface area contributed by atoms with Crippen LogP contribution in [0.5, 0.6) is 0 Å². The molecule has 90 valence electrons. The summed E-state index contributed by atoms with van der Waals surface area (Å²) in [7, 11) is 0. The van der Waals surface area contributed by atoms with Crippen molar-refractivity contribution in [3.05, 3.63) is 0 Å². The second-order valence-corrected chi connectivity index (χ2v) is 5.15. The summed E-state index contributed by atoms with van der Waals surface area (Å²) >= 11 is 1.83. The van der Waals surface area contributed by atoms with Gasteiger partial charge in [-0.15, -0.1) is 0 Å². The molecule has 1 aliphatic heterocycles. The zero-order valence-corrected chi connectivity index (χ0v) is 10.6. The summed E-state index contributed by atoms with van der Waals surface area (Å²) < 4.78 is 5.39. The SMILES string of the molecule is CSCC(CCO)NC(C)C1CCOC1. The largest absolute Gasteiger partial charge is 0.396 e. The van der Waals surface area contributed by atoms with Gasteiger partial charge in [0.15, 0.2) is 0 Å². The van der Waals surface area contributed by atoms with Gasteiger partial charge in [-0.25, -0.2) is 0 Å². The number of aliphatic hydroxyl groups excluding tert-OH is 1. The Morgan fingerprint density at radius 2 is 2.40 bits per heavy atom. The van der Waals surface area contributed by atoms with Crippen LogP contribution in [-0.2, 0) is 4.74 Å². The molecule has 3 nitrogen and oxygen atoms in total. The molecule has 3 atom stereocenters. The van der Waals surface area contributed by atoms with Crippen LogP contribution in [0.2, 0.25) is 0 Å². The lowest BCUT2D eigenvalue weighted by Gasteiger charge is -2.25. The fourth-order valence-electron chi connectivity index (χ4n) is 2.03. The zero-order chi connectivity index (χ0) is 11.1. The zero-order valence-electron chi connectivity index (χ0n) is 9.74. The lowest BCUT2D eigenvalue weighted by molar-refractivity contribution is 0.175. The Kier molecular flexibility index (Phi) is 6.64. The second-order valence-electron chi connectivity index (χ2n) is 4.24. The molecule has 0 aromatic carbocycles. The predicted octanol–water partition coefficient (Wildman–Crippen LogP) is 1.11. The highest BCUT2D eigenvalue weighted by molar-refractivity contribution is 7.98. The summed E-state index contributed by atoms with van der Waals surface area (Å²) in [6, 6.07) is 0.928. The van der Waals surface area contributed by atoms with Crippen molar-refractivity contribution < 1.29 is 9.84 Å². The minimum atomic E-state index is 0.270. The number of ether oxygens (including phenoxy) is 1. The van der Waals surface area contributed by atoms with Crippen LogP contribution in [0.3, 0.4) is 0 Å². The molecular formula is C11H23NO2S. The maximum absolute atomic E-state index is 8.97. The molecule has 0 amide bonds. The maximum Gasteiger partial charge on any atom is 0.0509 e. The van der Waals surface area contributed by atoms with Crippen LogP contribution in [0.4, 0.5) is 0 Å². The van der Waals surface area contributed by atoms with E-state index in [4.69, 9.17) is 9.84 Å². The van der Waals surface area contributed by atoms with E-state index in [-0.39, 0.29) is 6.61 Å². The number of hydrogen-bond donors (Lipinski definition) is 2. The van der Waals surface area contributed by atoms with E-state index in [0.717, 1.165) is 25.4 Å². The van der Waals surface area contributed by atoms with E-state index in [0.29, 0.717) is 18.0 Å². The molecule has 4 heteroatoms. The Labute approximate surface area is 97.0 Å². The van der Waals surface area contributed by atoms with E-state index in [1.165, 1.54) is 6.42 Å². The Bertz CT molecular complexity index is 157. The van der Waals surface area contributed by atoms with Gasteiger partial charge < -0.3 is 15.2 Å². The van der Waals surface area contributed by atoms with E-state index in [9.17, 15) is 0 Å². The van der Waals surface area contributed by atoms with Gasteiger partial charge in [-0.2, -0.15) is 11.8 Å². The topological polar surface area (TPSA) is 41.5 Å². The van der Waals surface area contributed by atoms with Crippen LogP contribution in [0.15, 0.2) is 0 Å². The maximum atomic E-state index is 8.97. The van der Waals surface area contributed by atoms with E-state index in [1.807, 2.05) is 11.8 Å². The van der Waals surface area contributed by atoms with Crippen LogP contribution >= 0.6 is 11.8 Å². The summed E-state index contributed by atoms with van der Waals surface area (Å²) in [6.45, 7) is 4.29. The average molecular weight is 233 g/mol. The molecule has 0 aromatic heterocycles. The summed E-state index contributed by atoms with van der Waals surface area (Å²) in [6.07, 6.45) is 4.12. The Morgan fingerprint density at radius 1 is 1.60 bits per heavy atom. The van der Waals surface area contributed by atoms with E-state index >= 15 is 0 Å². The minimum absolute atomic E-state index is 0.270. The lowest BCUT2D eigenvalue weighted by Crippen LogP contribution is -2.43. The average Bonchev–Trinajstić information content (AvgIpc) is 2.71. The first-order valence-corrected chi connectivity index (χ1v) is 7.11. The first-order chi connectivity index (χ1) is 7.27. The van der Waals surface area contributed by atoms with Gasteiger partial charge in [0, 0.05) is 31.1 Å². The molecular weight excluding hydrogens is 210 g/mol. The third-order valence-electron chi connectivity index (χ3n) is 3.02. The van der Waals surface area contributed by atoms with E-state index in [1.54, 1.807) is 0 Å². The molecule has 1 fully saturated rings. The van der Waals surface area contributed by atoms with Gasteiger partial charge in [0.2, 0.25) is 0 Å². The van der Waals surface area contributed by atoms with Crippen molar-refractivity contribution in [2.24, 2.45) is 5.92 Å².